The second-order valence-corrected chi connectivity index (χ2v) is 6.09. The van der Waals surface area contributed by atoms with E-state index in [9.17, 15) is 14.9 Å². The van der Waals surface area contributed by atoms with Gasteiger partial charge in [-0.15, -0.1) is 0 Å². The lowest BCUT2D eigenvalue weighted by Gasteiger charge is -2.35. The number of carbonyl (C=O) groups excluding carboxylic acids is 1. The summed E-state index contributed by atoms with van der Waals surface area (Å²) in [6.45, 7) is 8.01. The quantitative estimate of drug-likeness (QED) is 0.504. The van der Waals surface area contributed by atoms with Gasteiger partial charge in [0.05, 0.1) is 16.2 Å². The van der Waals surface area contributed by atoms with Gasteiger partial charge in [-0.25, -0.2) is 0 Å². The molecule has 0 aliphatic carbocycles. The number of rotatable bonds is 4. The molecule has 0 fully saturated rings. The van der Waals surface area contributed by atoms with E-state index in [4.69, 9.17) is 5.84 Å². The first-order valence-electron chi connectivity index (χ1n) is 6.61. The van der Waals surface area contributed by atoms with Crippen LogP contribution in [0.15, 0.2) is 18.2 Å². The smallest absolute Gasteiger partial charge is 0.270 e. The summed E-state index contributed by atoms with van der Waals surface area (Å²) < 4.78 is 0. The summed E-state index contributed by atoms with van der Waals surface area (Å²) in [7, 11) is 1.68. The number of hydrogen-bond acceptors (Lipinski definition) is 5. The van der Waals surface area contributed by atoms with Crippen LogP contribution in [-0.4, -0.2) is 28.8 Å². The number of hydrogen-bond donors (Lipinski definition) is 2. The average Bonchev–Trinajstić information content (AvgIpc) is 2.42. The summed E-state index contributed by atoms with van der Waals surface area (Å²) in [6.07, 6.45) is 0. The number of benzene rings is 1. The summed E-state index contributed by atoms with van der Waals surface area (Å²) >= 11 is 0. The fraction of sp³-hybridized carbons (Fsp3) is 0.500. The van der Waals surface area contributed by atoms with Gasteiger partial charge in [-0.3, -0.25) is 20.8 Å². The highest BCUT2D eigenvalue weighted by atomic mass is 16.6. The molecular weight excluding hydrogens is 272 g/mol. The van der Waals surface area contributed by atoms with Crippen molar-refractivity contribution in [1.29, 1.82) is 0 Å². The van der Waals surface area contributed by atoms with Gasteiger partial charge in [0, 0.05) is 25.2 Å². The van der Waals surface area contributed by atoms with Gasteiger partial charge in [0.25, 0.3) is 11.6 Å². The molecule has 0 bridgehead atoms. The van der Waals surface area contributed by atoms with Crippen molar-refractivity contribution >= 4 is 17.3 Å². The van der Waals surface area contributed by atoms with Crippen molar-refractivity contribution in [3.63, 3.8) is 0 Å². The van der Waals surface area contributed by atoms with Crippen LogP contribution in [0.2, 0.25) is 0 Å². The first kappa shape index (κ1) is 16.9. The van der Waals surface area contributed by atoms with Crippen LogP contribution in [0.3, 0.4) is 0 Å². The number of nitrogen functional groups attached to an aromatic ring is 1. The zero-order valence-corrected chi connectivity index (χ0v) is 13.0. The van der Waals surface area contributed by atoms with Crippen LogP contribution in [0.1, 0.15) is 38.1 Å². The number of nitro benzene ring substituents is 1. The SMILES string of the molecule is CC(N(C)C(=O)c1cc([N+](=O)[O-])ccc1NN)C(C)(C)C. The molecule has 1 unspecified atom stereocenters. The Morgan fingerprint density at radius 3 is 2.43 bits per heavy atom. The lowest BCUT2D eigenvalue weighted by molar-refractivity contribution is -0.384. The highest BCUT2D eigenvalue weighted by Gasteiger charge is 2.29. The number of nitrogens with one attached hydrogen (secondary N) is 1. The van der Waals surface area contributed by atoms with E-state index in [1.165, 1.54) is 18.2 Å². The van der Waals surface area contributed by atoms with Crippen LogP contribution < -0.4 is 11.3 Å². The lowest BCUT2D eigenvalue weighted by Crippen LogP contribution is -2.43. The molecule has 1 amide bonds. The van der Waals surface area contributed by atoms with E-state index >= 15 is 0 Å². The second-order valence-electron chi connectivity index (χ2n) is 6.09. The molecule has 116 valence electrons. The Labute approximate surface area is 124 Å². The molecule has 1 atom stereocenters. The molecule has 1 aromatic carbocycles. The van der Waals surface area contributed by atoms with Gasteiger partial charge in [-0.1, -0.05) is 20.8 Å². The van der Waals surface area contributed by atoms with Crippen LogP contribution >= 0.6 is 0 Å². The Bertz CT molecular complexity index is 552. The molecule has 7 nitrogen and oxygen atoms in total. The molecule has 3 N–H and O–H groups in total. The van der Waals surface area contributed by atoms with Crippen molar-refractivity contribution < 1.29 is 9.72 Å². The maximum atomic E-state index is 12.6. The van der Waals surface area contributed by atoms with Crippen molar-refractivity contribution in [3.05, 3.63) is 33.9 Å². The maximum Gasteiger partial charge on any atom is 0.270 e. The van der Waals surface area contributed by atoms with Crippen LogP contribution in [0.25, 0.3) is 0 Å². The van der Waals surface area contributed by atoms with Crippen molar-refractivity contribution in [1.82, 2.24) is 4.90 Å². The van der Waals surface area contributed by atoms with Gasteiger partial charge in [0.15, 0.2) is 0 Å². The highest BCUT2D eigenvalue weighted by Crippen LogP contribution is 2.27. The van der Waals surface area contributed by atoms with Gasteiger partial charge in [0.2, 0.25) is 0 Å². The standard InChI is InChI=1S/C14H22N4O3/c1-9(14(2,3)4)17(5)13(19)11-8-10(18(20)21)6-7-12(11)16-15/h6-9,16H,15H2,1-5H3. The van der Waals surface area contributed by atoms with Gasteiger partial charge < -0.3 is 10.3 Å². The monoisotopic (exact) mass is 294 g/mol. The molecule has 0 aromatic heterocycles. The Balaban J connectivity index is 3.22. The van der Waals surface area contributed by atoms with Gasteiger partial charge in [0.1, 0.15) is 0 Å². The second kappa shape index (κ2) is 6.09. The molecule has 0 aliphatic rings. The summed E-state index contributed by atoms with van der Waals surface area (Å²) in [4.78, 5) is 24.5. The average molecular weight is 294 g/mol. The molecule has 0 saturated carbocycles. The Morgan fingerprint density at radius 2 is 2.00 bits per heavy atom. The lowest BCUT2D eigenvalue weighted by atomic mass is 9.87. The van der Waals surface area contributed by atoms with Crippen LogP contribution in [0.5, 0.6) is 0 Å². The summed E-state index contributed by atoms with van der Waals surface area (Å²) in [5.41, 5.74) is 2.70. The minimum atomic E-state index is -0.537. The van der Waals surface area contributed by atoms with Crippen molar-refractivity contribution in [3.8, 4) is 0 Å². The zero-order chi connectivity index (χ0) is 16.4. The third kappa shape index (κ3) is 3.69. The summed E-state index contributed by atoms with van der Waals surface area (Å²) in [5.74, 6) is 5.08. The number of non-ortho nitro benzene ring substituents is 1. The maximum absolute atomic E-state index is 12.6. The molecule has 0 heterocycles. The number of carbonyl (C=O) groups is 1. The Kier molecular flexibility index (Phi) is 4.90. The first-order valence-corrected chi connectivity index (χ1v) is 6.61. The van der Waals surface area contributed by atoms with E-state index in [1.807, 2.05) is 27.7 Å². The predicted molar refractivity (Wildman–Crippen MR) is 81.9 cm³/mol. The molecule has 7 heteroatoms. The van der Waals surface area contributed by atoms with Crippen molar-refractivity contribution in [2.75, 3.05) is 12.5 Å². The van der Waals surface area contributed by atoms with Crippen LogP contribution in [-0.2, 0) is 0 Å². The minimum Gasteiger partial charge on any atom is -0.338 e. The third-order valence-corrected chi connectivity index (χ3v) is 3.75. The molecule has 1 aromatic rings. The molecule has 21 heavy (non-hydrogen) atoms. The van der Waals surface area contributed by atoms with E-state index in [0.717, 1.165) is 0 Å². The Hall–Kier alpha value is -2.15. The molecule has 0 spiro atoms. The van der Waals surface area contributed by atoms with E-state index in [0.29, 0.717) is 5.69 Å². The molecule has 0 radical (unpaired) electrons. The number of nitrogens with two attached hydrogens (primary N) is 1. The van der Waals surface area contributed by atoms with Gasteiger partial charge in [-0.2, -0.15) is 0 Å². The van der Waals surface area contributed by atoms with E-state index in [1.54, 1.807) is 11.9 Å². The van der Waals surface area contributed by atoms with Gasteiger partial charge >= 0.3 is 0 Å². The van der Waals surface area contributed by atoms with E-state index in [2.05, 4.69) is 5.43 Å². The summed E-state index contributed by atoms with van der Waals surface area (Å²) in [5, 5.41) is 10.9. The van der Waals surface area contributed by atoms with Crippen LogP contribution in [0.4, 0.5) is 11.4 Å². The van der Waals surface area contributed by atoms with Crippen molar-refractivity contribution in [2.45, 2.75) is 33.7 Å². The van der Waals surface area contributed by atoms with Gasteiger partial charge in [-0.05, 0) is 18.4 Å². The first-order chi connectivity index (χ1) is 9.59. The predicted octanol–water partition coefficient (Wildman–Crippen LogP) is 2.39. The molecular formula is C14H22N4O3. The topological polar surface area (TPSA) is 102 Å². The summed E-state index contributed by atoms with van der Waals surface area (Å²) in [6, 6.07) is 3.93. The number of hydrazine groups is 1. The Morgan fingerprint density at radius 1 is 1.43 bits per heavy atom. The third-order valence-electron chi connectivity index (χ3n) is 3.75. The fourth-order valence-electron chi connectivity index (χ4n) is 1.90. The number of nitro groups is 1. The van der Waals surface area contributed by atoms with Crippen molar-refractivity contribution in [2.24, 2.45) is 11.3 Å². The molecule has 0 saturated heterocycles. The number of anilines is 1. The normalized spacial score (nSPS) is 12.7. The number of nitrogens with zero attached hydrogens (tertiary/aromatic N) is 2. The zero-order valence-electron chi connectivity index (χ0n) is 13.0. The number of amides is 1. The van der Waals surface area contributed by atoms with E-state index < -0.39 is 4.92 Å². The minimum absolute atomic E-state index is 0.0464. The molecule has 1 rings (SSSR count). The molecule has 0 aliphatic heterocycles. The largest absolute Gasteiger partial charge is 0.338 e. The van der Waals surface area contributed by atoms with E-state index in [-0.39, 0.29) is 28.6 Å². The fourth-order valence-corrected chi connectivity index (χ4v) is 1.90. The van der Waals surface area contributed by atoms with Crippen LogP contribution in [0, 0.1) is 15.5 Å². The highest BCUT2D eigenvalue weighted by molar-refractivity contribution is 6.00.